The van der Waals surface area contributed by atoms with Gasteiger partial charge < -0.3 is 9.84 Å². The number of carboxylic acids is 1. The number of aryl methyl sites for hydroxylation is 1. The molecule has 1 heterocycles. The maximum Gasteiger partial charge on any atom is 0.412 e. The molecule has 2 N–H and O–H groups in total. The topological polar surface area (TPSA) is 88.5 Å². The van der Waals surface area contributed by atoms with E-state index in [2.05, 4.69) is 10.3 Å². The van der Waals surface area contributed by atoms with Crippen LogP contribution in [0.25, 0.3) is 0 Å². The molecule has 6 nitrogen and oxygen atoms in total. The third-order valence-electron chi connectivity index (χ3n) is 1.79. The summed E-state index contributed by atoms with van der Waals surface area (Å²) in [5.41, 5.74) is -0.783. The SMILES string of the molecule is CCc1nc(C(=O)O)c(NC(=O)OC(C)(C)C)s1. The lowest BCUT2D eigenvalue weighted by Gasteiger charge is -2.19. The van der Waals surface area contributed by atoms with Gasteiger partial charge in [0.15, 0.2) is 5.69 Å². The molecule has 0 aliphatic heterocycles. The first-order valence-electron chi connectivity index (χ1n) is 5.46. The fourth-order valence-electron chi connectivity index (χ4n) is 1.14. The molecule has 1 aromatic rings. The Labute approximate surface area is 109 Å². The molecule has 0 aliphatic rings. The molecule has 0 unspecified atom stereocenters. The number of aromatic carboxylic acids is 1. The van der Waals surface area contributed by atoms with Crippen molar-refractivity contribution in [3.63, 3.8) is 0 Å². The Morgan fingerprint density at radius 1 is 1.44 bits per heavy atom. The quantitative estimate of drug-likeness (QED) is 0.883. The normalized spacial score (nSPS) is 11.1. The highest BCUT2D eigenvalue weighted by molar-refractivity contribution is 7.16. The number of anilines is 1. The van der Waals surface area contributed by atoms with Crippen LogP contribution in [0.1, 0.15) is 43.2 Å². The van der Waals surface area contributed by atoms with Crippen molar-refractivity contribution in [3.8, 4) is 0 Å². The smallest absolute Gasteiger partial charge is 0.412 e. The van der Waals surface area contributed by atoms with E-state index >= 15 is 0 Å². The molecule has 0 radical (unpaired) electrons. The van der Waals surface area contributed by atoms with Crippen molar-refractivity contribution in [1.29, 1.82) is 0 Å². The molecule has 1 rings (SSSR count). The number of carboxylic acid groups (broad SMARTS) is 1. The van der Waals surface area contributed by atoms with Crippen LogP contribution in [0.15, 0.2) is 0 Å². The van der Waals surface area contributed by atoms with Crippen LogP contribution >= 0.6 is 11.3 Å². The third kappa shape index (κ3) is 3.99. The van der Waals surface area contributed by atoms with Crippen LogP contribution in [0.2, 0.25) is 0 Å². The minimum atomic E-state index is -1.17. The van der Waals surface area contributed by atoms with Crippen LogP contribution in [-0.2, 0) is 11.2 Å². The molecule has 0 aromatic carbocycles. The molecule has 0 saturated heterocycles. The van der Waals surface area contributed by atoms with E-state index in [1.54, 1.807) is 20.8 Å². The lowest BCUT2D eigenvalue weighted by molar-refractivity contribution is 0.0636. The van der Waals surface area contributed by atoms with Gasteiger partial charge in [0.05, 0.1) is 5.01 Å². The highest BCUT2D eigenvalue weighted by Gasteiger charge is 2.22. The van der Waals surface area contributed by atoms with Gasteiger partial charge >= 0.3 is 12.1 Å². The molecule has 0 aliphatic carbocycles. The molecule has 1 amide bonds. The van der Waals surface area contributed by atoms with Crippen LogP contribution in [0, 0.1) is 0 Å². The summed E-state index contributed by atoms with van der Waals surface area (Å²) >= 11 is 1.14. The standard InChI is InChI=1S/C11H16N2O4S/c1-5-6-12-7(9(14)15)8(18-6)13-10(16)17-11(2,3)4/h5H2,1-4H3,(H,13,16)(H,14,15). The predicted molar refractivity (Wildman–Crippen MR) is 68.3 cm³/mol. The monoisotopic (exact) mass is 272 g/mol. The summed E-state index contributed by atoms with van der Waals surface area (Å²) in [4.78, 5) is 26.4. The molecule has 1 aromatic heterocycles. The maximum atomic E-state index is 11.6. The van der Waals surface area contributed by atoms with Crippen molar-refractivity contribution in [3.05, 3.63) is 10.7 Å². The summed E-state index contributed by atoms with van der Waals surface area (Å²) in [6.45, 7) is 7.06. The van der Waals surface area contributed by atoms with E-state index in [0.29, 0.717) is 11.4 Å². The Hall–Kier alpha value is -1.63. The van der Waals surface area contributed by atoms with E-state index in [1.165, 1.54) is 0 Å². The van der Waals surface area contributed by atoms with Crippen molar-refractivity contribution >= 4 is 28.4 Å². The Balaban J connectivity index is 2.86. The Kier molecular flexibility index (Phi) is 4.28. The van der Waals surface area contributed by atoms with Crippen LogP contribution in [0.5, 0.6) is 0 Å². The number of ether oxygens (including phenoxy) is 1. The molecule has 0 atom stereocenters. The number of nitrogens with zero attached hydrogens (tertiary/aromatic N) is 1. The molecule has 0 saturated carbocycles. The zero-order valence-corrected chi connectivity index (χ0v) is 11.6. The molecule has 7 heteroatoms. The van der Waals surface area contributed by atoms with Crippen molar-refractivity contribution < 1.29 is 19.4 Å². The first-order valence-corrected chi connectivity index (χ1v) is 6.27. The molecular formula is C11H16N2O4S. The average Bonchev–Trinajstić information content (AvgIpc) is 2.57. The minimum Gasteiger partial charge on any atom is -0.476 e. The number of amides is 1. The average molecular weight is 272 g/mol. The van der Waals surface area contributed by atoms with Gasteiger partial charge in [0.25, 0.3) is 0 Å². The van der Waals surface area contributed by atoms with Gasteiger partial charge in [-0.3, -0.25) is 5.32 Å². The number of hydrogen-bond acceptors (Lipinski definition) is 5. The maximum absolute atomic E-state index is 11.6. The van der Waals surface area contributed by atoms with Crippen molar-refractivity contribution in [2.75, 3.05) is 5.32 Å². The van der Waals surface area contributed by atoms with Gasteiger partial charge in [0.2, 0.25) is 0 Å². The number of carbonyl (C=O) groups is 2. The molecule has 0 fully saturated rings. The fourth-order valence-corrected chi connectivity index (χ4v) is 2.02. The molecule has 18 heavy (non-hydrogen) atoms. The van der Waals surface area contributed by atoms with E-state index in [9.17, 15) is 9.59 Å². The Morgan fingerprint density at radius 3 is 2.50 bits per heavy atom. The second-order valence-corrected chi connectivity index (χ2v) is 5.65. The van der Waals surface area contributed by atoms with Gasteiger partial charge in [0.1, 0.15) is 10.6 Å². The van der Waals surface area contributed by atoms with Gasteiger partial charge in [-0.15, -0.1) is 11.3 Å². The summed E-state index contributed by atoms with van der Waals surface area (Å²) in [6.07, 6.45) is -0.0719. The zero-order chi connectivity index (χ0) is 13.9. The number of hydrogen-bond donors (Lipinski definition) is 2. The lowest BCUT2D eigenvalue weighted by atomic mass is 10.2. The summed E-state index contributed by atoms with van der Waals surface area (Å²) < 4.78 is 5.06. The van der Waals surface area contributed by atoms with Crippen molar-refractivity contribution in [2.45, 2.75) is 39.7 Å². The van der Waals surface area contributed by atoms with Gasteiger partial charge in [-0.2, -0.15) is 0 Å². The predicted octanol–water partition coefficient (Wildman–Crippen LogP) is 2.75. The summed E-state index contributed by atoms with van der Waals surface area (Å²) in [5, 5.41) is 12.2. The highest BCUT2D eigenvalue weighted by atomic mass is 32.1. The first-order chi connectivity index (χ1) is 8.23. The summed E-state index contributed by atoms with van der Waals surface area (Å²) in [7, 11) is 0. The number of thiazole rings is 1. The lowest BCUT2D eigenvalue weighted by Crippen LogP contribution is -2.27. The molecule has 100 valence electrons. The number of aromatic nitrogens is 1. The van der Waals surface area contributed by atoms with Crippen LogP contribution < -0.4 is 5.32 Å². The Bertz CT molecular complexity index is 462. The summed E-state index contributed by atoms with van der Waals surface area (Å²) in [5.74, 6) is -1.17. The molecule has 0 bridgehead atoms. The van der Waals surface area contributed by atoms with Gasteiger partial charge in [0, 0.05) is 0 Å². The number of nitrogens with one attached hydrogen (secondary N) is 1. The highest BCUT2D eigenvalue weighted by Crippen LogP contribution is 2.25. The summed E-state index contributed by atoms with van der Waals surface area (Å²) in [6, 6.07) is 0. The molecular weight excluding hydrogens is 256 g/mol. The molecule has 0 spiro atoms. The van der Waals surface area contributed by atoms with Gasteiger partial charge in [-0.05, 0) is 27.2 Å². The van der Waals surface area contributed by atoms with E-state index in [4.69, 9.17) is 9.84 Å². The first kappa shape index (κ1) is 14.4. The van der Waals surface area contributed by atoms with Crippen molar-refractivity contribution in [1.82, 2.24) is 4.98 Å². The second-order valence-electron chi connectivity index (χ2n) is 4.57. The van der Waals surface area contributed by atoms with Crippen molar-refractivity contribution in [2.24, 2.45) is 0 Å². The number of carbonyl (C=O) groups excluding carboxylic acids is 1. The van der Waals surface area contributed by atoms with E-state index in [1.807, 2.05) is 6.92 Å². The van der Waals surface area contributed by atoms with Gasteiger partial charge in [-0.25, -0.2) is 14.6 Å². The van der Waals surface area contributed by atoms with E-state index < -0.39 is 17.7 Å². The fraction of sp³-hybridized carbons (Fsp3) is 0.545. The van der Waals surface area contributed by atoms with Gasteiger partial charge in [-0.1, -0.05) is 6.92 Å². The zero-order valence-electron chi connectivity index (χ0n) is 10.7. The van der Waals surface area contributed by atoms with Crippen LogP contribution in [-0.4, -0.2) is 27.8 Å². The van der Waals surface area contributed by atoms with Crippen LogP contribution in [0.4, 0.5) is 9.80 Å². The van der Waals surface area contributed by atoms with Crippen LogP contribution in [0.3, 0.4) is 0 Å². The number of rotatable bonds is 3. The third-order valence-corrected chi connectivity index (χ3v) is 2.91. The second kappa shape index (κ2) is 5.34. The largest absolute Gasteiger partial charge is 0.476 e. The van der Waals surface area contributed by atoms with E-state index in [0.717, 1.165) is 11.3 Å². The minimum absolute atomic E-state index is 0.150. The van der Waals surface area contributed by atoms with E-state index in [-0.39, 0.29) is 10.7 Å². The Morgan fingerprint density at radius 2 is 2.06 bits per heavy atom.